The fourth-order valence-electron chi connectivity index (χ4n) is 2.18. The highest BCUT2D eigenvalue weighted by Crippen LogP contribution is 2.36. The Bertz CT molecular complexity index is 359. The summed E-state index contributed by atoms with van der Waals surface area (Å²) in [6.45, 7) is 4.27. The number of benzene rings is 1. The van der Waals surface area contributed by atoms with Crippen LogP contribution in [0.1, 0.15) is 48.4 Å². The summed E-state index contributed by atoms with van der Waals surface area (Å²) in [5.41, 5.74) is 10.1. The van der Waals surface area contributed by atoms with Gasteiger partial charge in [0.05, 0.1) is 0 Å². The topological polar surface area (TPSA) is 26.0 Å². The molecule has 0 aliphatic heterocycles. The molecule has 0 bridgehead atoms. The molecule has 2 rings (SSSR count). The van der Waals surface area contributed by atoms with Crippen molar-refractivity contribution in [1.82, 2.24) is 0 Å². The molecule has 1 aromatic carbocycles. The molecule has 1 atom stereocenters. The Morgan fingerprint density at radius 3 is 2.38 bits per heavy atom. The Morgan fingerprint density at radius 2 is 1.88 bits per heavy atom. The van der Waals surface area contributed by atoms with Crippen LogP contribution in [-0.4, -0.2) is 0 Å². The van der Waals surface area contributed by atoms with Gasteiger partial charge in [0, 0.05) is 10.5 Å². The first-order valence-corrected chi connectivity index (χ1v) is 6.89. The van der Waals surface area contributed by atoms with Crippen molar-refractivity contribution in [2.75, 3.05) is 0 Å². The van der Waals surface area contributed by atoms with Crippen LogP contribution in [0.4, 0.5) is 0 Å². The number of halogens is 1. The average Bonchev–Trinajstić information content (AvgIpc) is 3.05. The fourth-order valence-corrected chi connectivity index (χ4v) is 2.41. The van der Waals surface area contributed by atoms with Crippen molar-refractivity contribution in [2.24, 2.45) is 11.7 Å². The number of aryl methyl sites for hydroxylation is 2. The maximum atomic E-state index is 6.24. The summed E-state index contributed by atoms with van der Waals surface area (Å²) in [6, 6.07) is 4.65. The molecule has 88 valence electrons. The summed E-state index contributed by atoms with van der Waals surface area (Å²) < 4.78 is 1.21. The first kappa shape index (κ1) is 12.1. The monoisotopic (exact) mass is 281 g/mol. The maximum Gasteiger partial charge on any atom is 0.0295 e. The lowest BCUT2D eigenvalue weighted by Crippen LogP contribution is -2.11. The molecule has 1 aromatic rings. The second-order valence-electron chi connectivity index (χ2n) is 5.10. The molecule has 16 heavy (non-hydrogen) atoms. The highest BCUT2D eigenvalue weighted by molar-refractivity contribution is 9.10. The lowest BCUT2D eigenvalue weighted by atomic mass is 9.98. The van der Waals surface area contributed by atoms with Gasteiger partial charge in [0.15, 0.2) is 0 Å². The predicted molar refractivity (Wildman–Crippen MR) is 72.5 cm³/mol. The lowest BCUT2D eigenvalue weighted by Gasteiger charge is -2.14. The highest BCUT2D eigenvalue weighted by Gasteiger charge is 2.22. The van der Waals surface area contributed by atoms with Gasteiger partial charge in [-0.3, -0.25) is 0 Å². The van der Waals surface area contributed by atoms with E-state index >= 15 is 0 Å². The Labute approximate surface area is 107 Å². The minimum absolute atomic E-state index is 0.214. The summed E-state index contributed by atoms with van der Waals surface area (Å²) in [6.07, 6.45) is 5.27. The van der Waals surface area contributed by atoms with Crippen molar-refractivity contribution in [1.29, 1.82) is 0 Å². The molecule has 1 unspecified atom stereocenters. The molecule has 1 saturated carbocycles. The van der Waals surface area contributed by atoms with Crippen molar-refractivity contribution in [3.05, 3.63) is 33.3 Å². The summed E-state index contributed by atoms with van der Waals surface area (Å²) in [7, 11) is 0. The zero-order valence-electron chi connectivity index (χ0n) is 10.1. The third-order valence-electron chi connectivity index (χ3n) is 3.47. The van der Waals surface area contributed by atoms with Gasteiger partial charge in [-0.05, 0) is 49.3 Å². The number of rotatable bonds is 4. The SMILES string of the molecule is Cc1cc(C(N)CCC2CC2)cc(C)c1Br. The largest absolute Gasteiger partial charge is 0.324 e. The first-order chi connectivity index (χ1) is 7.58. The van der Waals surface area contributed by atoms with E-state index in [0.29, 0.717) is 0 Å². The van der Waals surface area contributed by atoms with Crippen LogP contribution in [-0.2, 0) is 0 Å². The molecular formula is C14H20BrN. The summed E-state index contributed by atoms with van der Waals surface area (Å²) in [4.78, 5) is 0. The molecule has 1 fully saturated rings. The maximum absolute atomic E-state index is 6.24. The standard InChI is InChI=1S/C14H20BrN/c1-9-7-12(8-10(2)14(9)15)13(16)6-5-11-3-4-11/h7-8,11,13H,3-6,16H2,1-2H3. The van der Waals surface area contributed by atoms with E-state index in [4.69, 9.17) is 5.73 Å². The zero-order valence-corrected chi connectivity index (χ0v) is 11.7. The van der Waals surface area contributed by atoms with Gasteiger partial charge in [0.2, 0.25) is 0 Å². The van der Waals surface area contributed by atoms with Crippen LogP contribution < -0.4 is 5.73 Å². The molecular weight excluding hydrogens is 262 g/mol. The van der Waals surface area contributed by atoms with E-state index in [1.165, 1.54) is 40.4 Å². The highest BCUT2D eigenvalue weighted by atomic mass is 79.9. The van der Waals surface area contributed by atoms with Gasteiger partial charge >= 0.3 is 0 Å². The second-order valence-corrected chi connectivity index (χ2v) is 5.89. The summed E-state index contributed by atoms with van der Waals surface area (Å²) >= 11 is 3.59. The molecule has 1 nitrogen and oxygen atoms in total. The molecule has 0 radical (unpaired) electrons. The Balaban J connectivity index is 2.06. The van der Waals surface area contributed by atoms with Crippen molar-refractivity contribution in [2.45, 2.75) is 45.6 Å². The van der Waals surface area contributed by atoms with Gasteiger partial charge in [-0.1, -0.05) is 40.9 Å². The van der Waals surface area contributed by atoms with Crippen molar-refractivity contribution < 1.29 is 0 Å². The Kier molecular flexibility index (Phi) is 3.70. The van der Waals surface area contributed by atoms with E-state index in [-0.39, 0.29) is 6.04 Å². The van der Waals surface area contributed by atoms with E-state index in [9.17, 15) is 0 Å². The van der Waals surface area contributed by atoms with Gasteiger partial charge in [0.25, 0.3) is 0 Å². The van der Waals surface area contributed by atoms with Gasteiger partial charge in [-0.2, -0.15) is 0 Å². The molecule has 2 N–H and O–H groups in total. The van der Waals surface area contributed by atoms with E-state index < -0.39 is 0 Å². The summed E-state index contributed by atoms with van der Waals surface area (Å²) in [5, 5.41) is 0. The summed E-state index contributed by atoms with van der Waals surface area (Å²) in [5.74, 6) is 0.976. The molecule has 2 heteroatoms. The van der Waals surface area contributed by atoms with E-state index in [2.05, 4.69) is 41.9 Å². The van der Waals surface area contributed by atoms with E-state index in [1.54, 1.807) is 0 Å². The third-order valence-corrected chi connectivity index (χ3v) is 4.72. The minimum atomic E-state index is 0.214. The van der Waals surface area contributed by atoms with Gasteiger partial charge in [0.1, 0.15) is 0 Å². The van der Waals surface area contributed by atoms with Gasteiger partial charge in [-0.25, -0.2) is 0 Å². The number of nitrogens with two attached hydrogens (primary N) is 1. The average molecular weight is 282 g/mol. The van der Waals surface area contributed by atoms with Crippen LogP contribution in [0.15, 0.2) is 16.6 Å². The van der Waals surface area contributed by atoms with Crippen LogP contribution in [0.5, 0.6) is 0 Å². The van der Waals surface area contributed by atoms with Crippen molar-refractivity contribution in [3.8, 4) is 0 Å². The second kappa shape index (κ2) is 4.89. The molecule has 0 saturated heterocycles. The van der Waals surface area contributed by atoms with Crippen LogP contribution in [0, 0.1) is 19.8 Å². The minimum Gasteiger partial charge on any atom is -0.324 e. The fraction of sp³-hybridized carbons (Fsp3) is 0.571. The molecule has 0 spiro atoms. The Hall–Kier alpha value is -0.340. The van der Waals surface area contributed by atoms with E-state index in [1.807, 2.05) is 0 Å². The number of hydrogen-bond donors (Lipinski definition) is 1. The van der Waals surface area contributed by atoms with E-state index in [0.717, 1.165) is 12.3 Å². The smallest absolute Gasteiger partial charge is 0.0295 e. The Morgan fingerprint density at radius 1 is 1.31 bits per heavy atom. The predicted octanol–water partition coefficient (Wildman–Crippen LogP) is 4.26. The van der Waals surface area contributed by atoms with Crippen molar-refractivity contribution >= 4 is 15.9 Å². The van der Waals surface area contributed by atoms with Gasteiger partial charge < -0.3 is 5.73 Å². The molecule has 0 amide bonds. The molecule has 0 heterocycles. The first-order valence-electron chi connectivity index (χ1n) is 6.10. The van der Waals surface area contributed by atoms with Crippen LogP contribution in [0.3, 0.4) is 0 Å². The van der Waals surface area contributed by atoms with Crippen molar-refractivity contribution in [3.63, 3.8) is 0 Å². The number of hydrogen-bond acceptors (Lipinski definition) is 1. The zero-order chi connectivity index (χ0) is 11.7. The third kappa shape index (κ3) is 2.86. The quantitative estimate of drug-likeness (QED) is 0.877. The van der Waals surface area contributed by atoms with Crippen LogP contribution in [0.25, 0.3) is 0 Å². The normalized spacial score (nSPS) is 17.5. The molecule has 1 aliphatic carbocycles. The molecule has 1 aliphatic rings. The van der Waals surface area contributed by atoms with Crippen LogP contribution >= 0.6 is 15.9 Å². The molecule has 0 aromatic heterocycles. The van der Waals surface area contributed by atoms with Gasteiger partial charge in [-0.15, -0.1) is 0 Å². The van der Waals surface area contributed by atoms with Crippen LogP contribution in [0.2, 0.25) is 0 Å². The lowest BCUT2D eigenvalue weighted by molar-refractivity contribution is 0.575.